The number of anilines is 2. The summed E-state index contributed by atoms with van der Waals surface area (Å²) < 4.78 is 14.9. The number of halogens is 1. The predicted molar refractivity (Wildman–Crippen MR) is 100 cm³/mol. The fraction of sp³-hybridized carbons (Fsp3) is 0.316. The van der Waals surface area contributed by atoms with Crippen LogP contribution in [-0.4, -0.2) is 49.9 Å². The Morgan fingerprint density at radius 1 is 1.11 bits per heavy atom. The summed E-state index contributed by atoms with van der Waals surface area (Å²) in [7, 11) is 0. The zero-order chi connectivity index (χ0) is 19.3. The maximum atomic E-state index is 13.4. The smallest absolute Gasteiger partial charge is 0.262 e. The predicted octanol–water partition coefficient (Wildman–Crippen LogP) is 2.07. The van der Waals surface area contributed by atoms with Crippen molar-refractivity contribution < 1.29 is 9.18 Å². The van der Waals surface area contributed by atoms with Gasteiger partial charge < -0.3 is 9.80 Å². The number of carbonyl (C=O) groups excluding carboxylic acids is 1. The average Bonchev–Trinajstić information content (AvgIpc) is 3.39. The molecule has 9 heteroatoms. The number of pyridine rings is 1. The highest BCUT2D eigenvalue weighted by Gasteiger charge is 2.32. The van der Waals surface area contributed by atoms with Gasteiger partial charge in [-0.05, 0) is 25.5 Å². The Labute approximate surface area is 160 Å². The van der Waals surface area contributed by atoms with Crippen molar-refractivity contribution in [3.8, 4) is 5.82 Å². The number of nitrogens with zero attached hydrogens (tertiary/aromatic N) is 7. The molecule has 5 heterocycles. The molecule has 1 saturated heterocycles. The topological polar surface area (TPSA) is 80.0 Å². The third-order valence-corrected chi connectivity index (χ3v) is 5.10. The van der Waals surface area contributed by atoms with E-state index in [1.54, 1.807) is 34.4 Å². The fourth-order valence-corrected chi connectivity index (χ4v) is 3.54. The first kappa shape index (κ1) is 16.8. The monoisotopic (exact) mass is 379 g/mol. The van der Waals surface area contributed by atoms with Gasteiger partial charge in [-0.1, -0.05) is 0 Å². The number of rotatable bonds is 3. The second-order valence-electron chi connectivity index (χ2n) is 7.05. The molecule has 3 aromatic rings. The Kier molecular flexibility index (Phi) is 3.81. The van der Waals surface area contributed by atoms with Crippen molar-refractivity contribution in [3.63, 3.8) is 0 Å². The fourth-order valence-electron chi connectivity index (χ4n) is 3.54. The van der Waals surface area contributed by atoms with E-state index in [2.05, 4.69) is 20.1 Å². The van der Waals surface area contributed by atoms with E-state index in [1.807, 2.05) is 24.0 Å². The quantitative estimate of drug-likeness (QED) is 0.693. The summed E-state index contributed by atoms with van der Waals surface area (Å²) in [5.41, 5.74) is 2.89. The van der Waals surface area contributed by atoms with Crippen LogP contribution in [0, 0.1) is 6.92 Å². The molecule has 0 radical (unpaired) electrons. The summed E-state index contributed by atoms with van der Waals surface area (Å²) >= 11 is 0. The molecule has 0 aromatic carbocycles. The number of aryl methyl sites for hydroxylation is 1. The number of alkyl halides is 1. The van der Waals surface area contributed by atoms with Crippen LogP contribution in [0.2, 0.25) is 0 Å². The van der Waals surface area contributed by atoms with Crippen molar-refractivity contribution in [3.05, 3.63) is 53.9 Å². The standard InChI is InChI=1S/C19H18FN7O/c1-12-2-3-14(6-21-12)26-11-16-15(19(26)28)10-27(24-16)18-8-22-17(7-23-18)25-5-4-13(20)9-25/h2-3,6-8,10,13H,4-5,9,11H2,1H3/t13-/m1/s1. The van der Waals surface area contributed by atoms with Crippen molar-refractivity contribution in [2.45, 2.75) is 26.1 Å². The minimum absolute atomic E-state index is 0.109. The summed E-state index contributed by atoms with van der Waals surface area (Å²) in [6, 6.07) is 3.76. The highest BCUT2D eigenvalue weighted by Crippen LogP contribution is 2.28. The Morgan fingerprint density at radius 3 is 2.57 bits per heavy atom. The van der Waals surface area contributed by atoms with Crippen LogP contribution < -0.4 is 9.80 Å². The lowest BCUT2D eigenvalue weighted by molar-refractivity contribution is 0.0996. The Balaban J connectivity index is 1.36. The minimum Gasteiger partial charge on any atom is -0.352 e. The third-order valence-electron chi connectivity index (χ3n) is 5.10. The van der Waals surface area contributed by atoms with E-state index in [9.17, 15) is 9.18 Å². The lowest BCUT2D eigenvalue weighted by Gasteiger charge is -2.16. The molecule has 5 rings (SSSR count). The van der Waals surface area contributed by atoms with Crippen LogP contribution in [0.3, 0.4) is 0 Å². The first-order valence-corrected chi connectivity index (χ1v) is 9.13. The van der Waals surface area contributed by atoms with Crippen molar-refractivity contribution >= 4 is 17.4 Å². The highest BCUT2D eigenvalue weighted by molar-refractivity contribution is 6.09. The van der Waals surface area contributed by atoms with Crippen molar-refractivity contribution in [2.24, 2.45) is 0 Å². The summed E-state index contributed by atoms with van der Waals surface area (Å²) in [6.07, 6.45) is 6.29. The molecule has 3 aromatic heterocycles. The lowest BCUT2D eigenvalue weighted by Crippen LogP contribution is -2.24. The van der Waals surface area contributed by atoms with Gasteiger partial charge in [-0.25, -0.2) is 19.0 Å². The minimum atomic E-state index is -0.812. The average molecular weight is 379 g/mol. The van der Waals surface area contributed by atoms with Gasteiger partial charge in [-0.15, -0.1) is 0 Å². The van der Waals surface area contributed by atoms with Crippen molar-refractivity contribution in [2.75, 3.05) is 22.9 Å². The summed E-state index contributed by atoms with van der Waals surface area (Å²) in [5.74, 6) is 1.06. The van der Waals surface area contributed by atoms with E-state index >= 15 is 0 Å². The van der Waals surface area contributed by atoms with Gasteiger partial charge >= 0.3 is 0 Å². The molecule has 1 atom stereocenters. The molecule has 0 unspecified atom stereocenters. The van der Waals surface area contributed by atoms with Crippen LogP contribution >= 0.6 is 0 Å². The van der Waals surface area contributed by atoms with Crippen LogP contribution in [0.15, 0.2) is 36.9 Å². The maximum Gasteiger partial charge on any atom is 0.262 e. The molecule has 1 fully saturated rings. The Bertz CT molecular complexity index is 1030. The normalized spacial score (nSPS) is 18.8. The van der Waals surface area contributed by atoms with Gasteiger partial charge in [0.15, 0.2) is 5.82 Å². The molecule has 8 nitrogen and oxygen atoms in total. The first-order chi connectivity index (χ1) is 13.6. The van der Waals surface area contributed by atoms with Gasteiger partial charge in [-0.2, -0.15) is 5.10 Å². The molecule has 0 saturated carbocycles. The molecule has 0 spiro atoms. The number of amides is 1. The highest BCUT2D eigenvalue weighted by atomic mass is 19.1. The number of hydrogen-bond donors (Lipinski definition) is 0. The van der Waals surface area contributed by atoms with Gasteiger partial charge in [0, 0.05) is 18.4 Å². The molecular weight excluding hydrogens is 361 g/mol. The SMILES string of the molecule is Cc1ccc(N2Cc3nn(-c4cnc(N5CC[C@@H](F)C5)cn4)cc3C2=O)cn1. The maximum absolute atomic E-state index is 13.4. The number of fused-ring (bicyclic) bond motifs is 1. The molecule has 2 aliphatic heterocycles. The Hall–Kier alpha value is -3.36. The van der Waals surface area contributed by atoms with Gasteiger partial charge in [0.1, 0.15) is 12.0 Å². The lowest BCUT2D eigenvalue weighted by atomic mass is 10.3. The zero-order valence-electron chi connectivity index (χ0n) is 15.3. The first-order valence-electron chi connectivity index (χ1n) is 9.13. The molecule has 28 heavy (non-hydrogen) atoms. The second kappa shape index (κ2) is 6.36. The van der Waals surface area contributed by atoms with E-state index < -0.39 is 6.17 Å². The van der Waals surface area contributed by atoms with Crippen LogP contribution in [0.1, 0.15) is 28.2 Å². The van der Waals surface area contributed by atoms with Gasteiger partial charge in [0.25, 0.3) is 5.91 Å². The van der Waals surface area contributed by atoms with Crippen molar-refractivity contribution in [1.82, 2.24) is 24.7 Å². The molecule has 0 bridgehead atoms. The number of aromatic nitrogens is 5. The molecular formula is C19H18FN7O. The van der Waals surface area contributed by atoms with E-state index in [4.69, 9.17) is 0 Å². The number of carbonyl (C=O) groups is 1. The second-order valence-corrected chi connectivity index (χ2v) is 7.05. The van der Waals surface area contributed by atoms with Crippen LogP contribution in [0.25, 0.3) is 5.82 Å². The zero-order valence-corrected chi connectivity index (χ0v) is 15.3. The van der Waals surface area contributed by atoms with Crippen LogP contribution in [0.5, 0.6) is 0 Å². The Morgan fingerprint density at radius 2 is 1.93 bits per heavy atom. The van der Waals surface area contributed by atoms with Crippen LogP contribution in [0.4, 0.5) is 15.9 Å². The van der Waals surface area contributed by atoms with Gasteiger partial charge in [0.2, 0.25) is 0 Å². The molecule has 0 aliphatic carbocycles. The number of hydrogen-bond acceptors (Lipinski definition) is 6. The molecule has 142 valence electrons. The van der Waals surface area contributed by atoms with Gasteiger partial charge in [0.05, 0.1) is 48.6 Å². The summed E-state index contributed by atoms with van der Waals surface area (Å²) in [5, 5.41) is 4.50. The largest absolute Gasteiger partial charge is 0.352 e. The van der Waals surface area contributed by atoms with Gasteiger partial charge in [-0.3, -0.25) is 9.78 Å². The summed E-state index contributed by atoms with van der Waals surface area (Å²) in [6.45, 7) is 3.29. The van der Waals surface area contributed by atoms with Crippen molar-refractivity contribution in [1.29, 1.82) is 0 Å². The third kappa shape index (κ3) is 2.79. The van der Waals surface area contributed by atoms with E-state index in [-0.39, 0.29) is 5.91 Å². The molecule has 1 amide bonds. The molecule has 0 N–H and O–H groups in total. The van der Waals surface area contributed by atoms with Crippen LogP contribution in [-0.2, 0) is 6.54 Å². The van der Waals surface area contributed by atoms with E-state index in [0.29, 0.717) is 48.9 Å². The summed E-state index contributed by atoms with van der Waals surface area (Å²) in [4.78, 5) is 29.3. The van der Waals surface area contributed by atoms with E-state index in [1.165, 1.54) is 0 Å². The molecule has 2 aliphatic rings. The van der Waals surface area contributed by atoms with E-state index in [0.717, 1.165) is 11.4 Å².